The number of nitrogens with one attached hydrogen (secondary N) is 1. The van der Waals surface area contributed by atoms with Gasteiger partial charge in [-0.25, -0.2) is 4.98 Å². The second kappa shape index (κ2) is 9.09. The lowest BCUT2D eigenvalue weighted by atomic mass is 10.4. The molecule has 0 radical (unpaired) electrons. The van der Waals surface area contributed by atoms with Gasteiger partial charge in [0.05, 0.1) is 17.2 Å². The number of aryl methyl sites for hydroxylation is 1. The zero-order chi connectivity index (χ0) is 16.9. The maximum absolute atomic E-state index is 4.49. The lowest BCUT2D eigenvalue weighted by molar-refractivity contribution is 0.471. The molecule has 0 unspecified atom stereocenters. The molecule has 3 heterocycles. The lowest BCUT2D eigenvalue weighted by Crippen LogP contribution is -2.39. The summed E-state index contributed by atoms with van der Waals surface area (Å²) in [6.45, 7) is 3.49. The van der Waals surface area contributed by atoms with E-state index in [1.54, 1.807) is 18.4 Å². The summed E-state index contributed by atoms with van der Waals surface area (Å²) < 4.78 is 2.01. The summed E-state index contributed by atoms with van der Waals surface area (Å²) in [5.74, 6) is 1.78. The van der Waals surface area contributed by atoms with Crippen LogP contribution in [0.5, 0.6) is 0 Å². The largest absolute Gasteiger partial charge is 0.356 e. The summed E-state index contributed by atoms with van der Waals surface area (Å²) >= 11 is 1.67. The minimum absolute atomic E-state index is 0. The molecule has 0 amide bonds. The van der Waals surface area contributed by atoms with Gasteiger partial charge in [-0.1, -0.05) is 6.07 Å². The van der Waals surface area contributed by atoms with Crippen molar-refractivity contribution in [3.8, 4) is 0 Å². The smallest absolute Gasteiger partial charge is 0.193 e. The van der Waals surface area contributed by atoms with E-state index in [-0.39, 0.29) is 24.0 Å². The molecule has 0 aliphatic heterocycles. The fourth-order valence-corrected chi connectivity index (χ4v) is 3.13. The SMILES string of the molecule is CN=C(NCCc1nnc2ccccn12)N(C)Cc1csc(C)n1.I. The van der Waals surface area contributed by atoms with Gasteiger partial charge in [-0.15, -0.1) is 45.5 Å². The Labute approximate surface area is 168 Å². The normalized spacial score (nSPS) is 11.4. The van der Waals surface area contributed by atoms with E-state index < -0.39 is 0 Å². The number of fused-ring (bicyclic) bond motifs is 1. The number of pyridine rings is 1. The molecule has 0 aliphatic rings. The highest BCUT2D eigenvalue weighted by molar-refractivity contribution is 14.0. The van der Waals surface area contributed by atoms with E-state index in [1.165, 1.54) is 0 Å². The van der Waals surface area contributed by atoms with Crippen molar-refractivity contribution in [2.24, 2.45) is 4.99 Å². The average molecular weight is 471 g/mol. The highest BCUT2D eigenvalue weighted by Crippen LogP contribution is 2.09. The topological polar surface area (TPSA) is 70.7 Å². The number of hydrogen-bond donors (Lipinski definition) is 1. The summed E-state index contributed by atoms with van der Waals surface area (Å²) in [6, 6.07) is 5.89. The molecule has 3 aromatic rings. The Morgan fingerprint density at radius 3 is 2.92 bits per heavy atom. The third-order valence-corrected chi connectivity index (χ3v) is 4.48. The third kappa shape index (κ3) is 4.88. The molecule has 3 aromatic heterocycles. The average Bonchev–Trinajstić information content (AvgIpc) is 3.18. The van der Waals surface area contributed by atoms with Gasteiger partial charge < -0.3 is 10.2 Å². The van der Waals surface area contributed by atoms with Crippen molar-refractivity contribution in [2.75, 3.05) is 20.6 Å². The summed E-state index contributed by atoms with van der Waals surface area (Å²) in [5, 5.41) is 14.9. The number of rotatable bonds is 5. The van der Waals surface area contributed by atoms with Crippen LogP contribution in [0.2, 0.25) is 0 Å². The van der Waals surface area contributed by atoms with E-state index in [1.807, 2.05) is 42.8 Å². The Morgan fingerprint density at radius 1 is 1.36 bits per heavy atom. The maximum atomic E-state index is 4.49. The van der Waals surface area contributed by atoms with Gasteiger partial charge in [0.15, 0.2) is 11.6 Å². The lowest BCUT2D eigenvalue weighted by Gasteiger charge is -2.21. The van der Waals surface area contributed by atoms with Crippen LogP contribution >= 0.6 is 35.3 Å². The van der Waals surface area contributed by atoms with E-state index in [4.69, 9.17) is 0 Å². The first-order chi connectivity index (χ1) is 11.7. The van der Waals surface area contributed by atoms with Gasteiger partial charge in [0.2, 0.25) is 0 Å². The minimum atomic E-state index is 0. The fourth-order valence-electron chi connectivity index (χ4n) is 2.53. The number of aromatic nitrogens is 4. The summed E-state index contributed by atoms with van der Waals surface area (Å²) in [4.78, 5) is 10.9. The molecule has 9 heteroatoms. The molecule has 0 aliphatic carbocycles. The van der Waals surface area contributed by atoms with Crippen molar-refractivity contribution in [1.82, 2.24) is 29.8 Å². The van der Waals surface area contributed by atoms with Gasteiger partial charge in [0.25, 0.3) is 0 Å². The van der Waals surface area contributed by atoms with Crippen molar-refractivity contribution < 1.29 is 0 Å². The summed E-state index contributed by atoms with van der Waals surface area (Å²) in [6.07, 6.45) is 2.75. The Hall–Kier alpha value is -1.75. The molecule has 0 aromatic carbocycles. The summed E-state index contributed by atoms with van der Waals surface area (Å²) in [7, 11) is 3.80. The van der Waals surface area contributed by atoms with Crippen LogP contribution in [0.3, 0.4) is 0 Å². The van der Waals surface area contributed by atoms with Crippen molar-refractivity contribution in [3.63, 3.8) is 0 Å². The minimum Gasteiger partial charge on any atom is -0.356 e. The van der Waals surface area contributed by atoms with Gasteiger partial charge in [0.1, 0.15) is 5.82 Å². The van der Waals surface area contributed by atoms with Crippen LogP contribution in [-0.2, 0) is 13.0 Å². The zero-order valence-corrected chi connectivity index (χ0v) is 17.7. The van der Waals surface area contributed by atoms with Crippen molar-refractivity contribution in [3.05, 3.63) is 46.3 Å². The van der Waals surface area contributed by atoms with E-state index in [0.29, 0.717) is 0 Å². The molecule has 0 spiro atoms. The van der Waals surface area contributed by atoms with Gasteiger partial charge in [0, 0.05) is 38.6 Å². The first-order valence-electron chi connectivity index (χ1n) is 7.79. The zero-order valence-electron chi connectivity index (χ0n) is 14.5. The van der Waals surface area contributed by atoms with E-state index in [9.17, 15) is 0 Å². The van der Waals surface area contributed by atoms with E-state index in [0.717, 1.165) is 47.6 Å². The van der Waals surface area contributed by atoms with Gasteiger partial charge in [-0.2, -0.15) is 0 Å². The molecular weight excluding hydrogens is 449 g/mol. The Balaban J connectivity index is 0.00000225. The van der Waals surface area contributed by atoms with Crippen molar-refractivity contribution in [1.29, 1.82) is 0 Å². The van der Waals surface area contributed by atoms with Crippen molar-refractivity contribution >= 4 is 46.9 Å². The molecule has 25 heavy (non-hydrogen) atoms. The second-order valence-corrected chi connectivity index (χ2v) is 6.55. The molecular formula is C16H22IN7S. The highest BCUT2D eigenvalue weighted by atomic mass is 127. The highest BCUT2D eigenvalue weighted by Gasteiger charge is 2.09. The molecule has 1 N–H and O–H groups in total. The van der Waals surface area contributed by atoms with Crippen LogP contribution in [-0.4, -0.2) is 51.1 Å². The number of guanidine groups is 1. The molecule has 0 saturated carbocycles. The van der Waals surface area contributed by atoms with Crippen LogP contribution < -0.4 is 5.32 Å². The predicted molar refractivity (Wildman–Crippen MR) is 112 cm³/mol. The van der Waals surface area contributed by atoms with Crippen molar-refractivity contribution in [2.45, 2.75) is 19.9 Å². The number of halogens is 1. The van der Waals surface area contributed by atoms with Crippen LogP contribution in [0.15, 0.2) is 34.8 Å². The monoisotopic (exact) mass is 471 g/mol. The number of hydrogen-bond acceptors (Lipinski definition) is 5. The first-order valence-corrected chi connectivity index (χ1v) is 8.67. The quantitative estimate of drug-likeness (QED) is 0.352. The number of thiazole rings is 1. The second-order valence-electron chi connectivity index (χ2n) is 5.48. The van der Waals surface area contributed by atoms with Crippen LogP contribution in [0.1, 0.15) is 16.5 Å². The number of nitrogens with zero attached hydrogens (tertiary/aromatic N) is 6. The molecule has 0 bridgehead atoms. The summed E-state index contributed by atoms with van der Waals surface area (Å²) in [5.41, 5.74) is 1.93. The standard InChI is InChI=1S/C16H21N7S.HI/c1-12-19-13(11-24-12)10-22(3)16(17-2)18-8-7-15-21-20-14-6-4-5-9-23(14)15;/h4-6,9,11H,7-8,10H2,1-3H3,(H,17,18);1H. The predicted octanol–water partition coefficient (Wildman–Crippen LogP) is 2.36. The molecule has 0 fully saturated rings. The Morgan fingerprint density at radius 2 is 2.20 bits per heavy atom. The van der Waals surface area contributed by atoms with E-state index in [2.05, 4.69) is 35.8 Å². The van der Waals surface area contributed by atoms with Crippen LogP contribution in [0, 0.1) is 6.92 Å². The van der Waals surface area contributed by atoms with E-state index >= 15 is 0 Å². The van der Waals surface area contributed by atoms with Crippen LogP contribution in [0.4, 0.5) is 0 Å². The van der Waals surface area contributed by atoms with Crippen LogP contribution in [0.25, 0.3) is 5.65 Å². The van der Waals surface area contributed by atoms with Gasteiger partial charge >= 0.3 is 0 Å². The molecule has 0 saturated heterocycles. The molecule has 134 valence electrons. The first kappa shape index (κ1) is 19.6. The van der Waals surface area contributed by atoms with Gasteiger partial charge in [-0.05, 0) is 19.1 Å². The molecule has 0 atom stereocenters. The van der Waals surface area contributed by atoms with Gasteiger partial charge in [-0.3, -0.25) is 9.39 Å². The fraction of sp³-hybridized carbons (Fsp3) is 0.375. The maximum Gasteiger partial charge on any atom is 0.193 e. The molecule has 3 rings (SSSR count). The number of aliphatic imine (C=N–C) groups is 1. The Kier molecular flexibility index (Phi) is 7.12. The molecule has 7 nitrogen and oxygen atoms in total. The third-order valence-electron chi connectivity index (χ3n) is 3.66. The Bertz CT molecular complexity index is 842.